The molecule has 0 atom stereocenters. The largest absolute Gasteiger partial charge is 0.547 e. The first-order valence-corrected chi connectivity index (χ1v) is 4.76. The molecule has 0 aliphatic rings. The topological polar surface area (TPSA) is 67.8 Å². The maximum Gasteiger partial charge on any atom is 0.252 e. The fourth-order valence-corrected chi connectivity index (χ4v) is 0.752. The molecule has 0 spiro atoms. The summed E-state index contributed by atoms with van der Waals surface area (Å²) < 4.78 is 14.4. The summed E-state index contributed by atoms with van der Waals surface area (Å²) >= 11 is 0. The summed E-state index contributed by atoms with van der Waals surface area (Å²) in [5, 5.41) is 9.79. The van der Waals surface area contributed by atoms with Gasteiger partial charge in [-0.3, -0.25) is 0 Å². The standard InChI is InChI=1S/C9H18O5/c1-2-3-4-12-5-6-13-7-8-14-9(10)11/h2-8H2,1H3,(H,10,11)/p-1. The van der Waals surface area contributed by atoms with Crippen LogP contribution in [0.4, 0.5) is 4.79 Å². The Morgan fingerprint density at radius 2 is 1.64 bits per heavy atom. The molecule has 0 aromatic rings. The summed E-state index contributed by atoms with van der Waals surface area (Å²) in [5.74, 6) is 0. The molecule has 0 heterocycles. The van der Waals surface area contributed by atoms with E-state index in [0.29, 0.717) is 13.2 Å². The number of carboxylic acid groups (broad SMARTS) is 1. The number of carbonyl (C=O) groups excluding carboxylic acids is 1. The van der Waals surface area contributed by atoms with E-state index >= 15 is 0 Å². The number of rotatable bonds is 9. The van der Waals surface area contributed by atoms with Crippen LogP contribution in [0.5, 0.6) is 0 Å². The minimum absolute atomic E-state index is 0.0112. The highest BCUT2D eigenvalue weighted by Gasteiger charge is 1.89. The van der Waals surface area contributed by atoms with Crippen molar-refractivity contribution in [2.45, 2.75) is 19.8 Å². The lowest BCUT2D eigenvalue weighted by molar-refractivity contribution is -0.283. The maximum absolute atomic E-state index is 9.79. The number of ether oxygens (including phenoxy) is 3. The summed E-state index contributed by atoms with van der Waals surface area (Å²) in [6.07, 6.45) is 0.640. The lowest BCUT2D eigenvalue weighted by atomic mass is 10.4. The van der Waals surface area contributed by atoms with Crippen LogP contribution in [0.25, 0.3) is 0 Å². The predicted molar refractivity (Wildman–Crippen MR) is 47.9 cm³/mol. The predicted octanol–water partition coefficient (Wildman–Crippen LogP) is 0.180. The zero-order chi connectivity index (χ0) is 10.6. The average molecular weight is 205 g/mol. The first kappa shape index (κ1) is 13.2. The van der Waals surface area contributed by atoms with Crippen molar-refractivity contribution < 1.29 is 24.1 Å². The lowest BCUT2D eigenvalue weighted by Gasteiger charge is -2.08. The minimum atomic E-state index is -1.52. The number of unbranched alkanes of at least 4 members (excludes halogenated alkanes) is 1. The van der Waals surface area contributed by atoms with E-state index in [1.165, 1.54) is 0 Å². The van der Waals surface area contributed by atoms with Gasteiger partial charge < -0.3 is 24.1 Å². The third-order valence-corrected chi connectivity index (χ3v) is 1.46. The van der Waals surface area contributed by atoms with Gasteiger partial charge in [0.25, 0.3) is 6.16 Å². The number of hydrogen-bond donors (Lipinski definition) is 0. The van der Waals surface area contributed by atoms with Gasteiger partial charge in [0, 0.05) is 6.61 Å². The van der Waals surface area contributed by atoms with Crippen LogP contribution in [0.2, 0.25) is 0 Å². The van der Waals surface area contributed by atoms with Crippen molar-refractivity contribution >= 4 is 6.16 Å². The minimum Gasteiger partial charge on any atom is -0.547 e. The molecule has 5 heteroatoms. The van der Waals surface area contributed by atoms with Gasteiger partial charge in [-0.2, -0.15) is 0 Å². The highest BCUT2D eigenvalue weighted by molar-refractivity contribution is 5.53. The summed E-state index contributed by atoms with van der Waals surface area (Å²) in [6.45, 7) is 4.08. The first-order chi connectivity index (χ1) is 6.77. The Labute approximate surface area is 84.0 Å². The van der Waals surface area contributed by atoms with Gasteiger partial charge in [0.15, 0.2) is 0 Å². The Hall–Kier alpha value is -0.810. The quantitative estimate of drug-likeness (QED) is 0.397. The third-order valence-electron chi connectivity index (χ3n) is 1.46. The van der Waals surface area contributed by atoms with Gasteiger partial charge >= 0.3 is 0 Å². The molecule has 0 aromatic heterocycles. The lowest BCUT2D eigenvalue weighted by Crippen LogP contribution is -2.25. The molecule has 0 radical (unpaired) electrons. The van der Waals surface area contributed by atoms with Crippen LogP contribution >= 0.6 is 0 Å². The van der Waals surface area contributed by atoms with E-state index in [4.69, 9.17) is 9.47 Å². The molecule has 84 valence electrons. The Morgan fingerprint density at radius 3 is 2.21 bits per heavy atom. The Bertz CT molecular complexity index is 137. The Balaban J connectivity index is 2.88. The summed E-state index contributed by atoms with van der Waals surface area (Å²) in [7, 11) is 0. The van der Waals surface area contributed by atoms with Crippen molar-refractivity contribution in [2.75, 3.05) is 33.0 Å². The Kier molecular flexibility index (Phi) is 9.68. The van der Waals surface area contributed by atoms with Gasteiger partial charge in [-0.1, -0.05) is 13.3 Å². The van der Waals surface area contributed by atoms with Crippen LogP contribution in [0.15, 0.2) is 0 Å². The highest BCUT2D eigenvalue weighted by Crippen LogP contribution is 1.87. The van der Waals surface area contributed by atoms with Crippen LogP contribution in [-0.4, -0.2) is 39.2 Å². The first-order valence-electron chi connectivity index (χ1n) is 4.76. The molecule has 5 nitrogen and oxygen atoms in total. The van der Waals surface area contributed by atoms with E-state index in [0.717, 1.165) is 19.4 Å². The van der Waals surface area contributed by atoms with E-state index in [-0.39, 0.29) is 13.2 Å². The van der Waals surface area contributed by atoms with E-state index in [2.05, 4.69) is 11.7 Å². The van der Waals surface area contributed by atoms with Crippen molar-refractivity contribution in [3.05, 3.63) is 0 Å². The van der Waals surface area contributed by atoms with Gasteiger partial charge in [0.05, 0.1) is 26.4 Å². The monoisotopic (exact) mass is 205 g/mol. The summed E-state index contributed by atoms with van der Waals surface area (Å²) in [6, 6.07) is 0. The SMILES string of the molecule is CCCCOCCOCCOC(=O)[O-]. The normalized spacial score (nSPS) is 10.1. The van der Waals surface area contributed by atoms with Crippen molar-refractivity contribution in [1.82, 2.24) is 0 Å². The third kappa shape index (κ3) is 11.2. The van der Waals surface area contributed by atoms with Crippen molar-refractivity contribution in [3.63, 3.8) is 0 Å². The molecule has 0 amide bonds. The maximum atomic E-state index is 9.79. The molecule has 0 aliphatic carbocycles. The van der Waals surface area contributed by atoms with Gasteiger partial charge in [-0.25, -0.2) is 0 Å². The van der Waals surface area contributed by atoms with Crippen LogP contribution in [0, 0.1) is 0 Å². The van der Waals surface area contributed by atoms with Gasteiger partial charge in [0.2, 0.25) is 0 Å². The van der Waals surface area contributed by atoms with Crippen molar-refractivity contribution in [1.29, 1.82) is 0 Å². The van der Waals surface area contributed by atoms with E-state index in [1.807, 2.05) is 0 Å². The highest BCUT2D eigenvalue weighted by atomic mass is 16.7. The molecule has 0 bridgehead atoms. The van der Waals surface area contributed by atoms with Gasteiger partial charge in [-0.15, -0.1) is 0 Å². The zero-order valence-corrected chi connectivity index (χ0v) is 8.49. The second kappa shape index (κ2) is 10.3. The van der Waals surface area contributed by atoms with Crippen LogP contribution in [0.1, 0.15) is 19.8 Å². The van der Waals surface area contributed by atoms with E-state index < -0.39 is 6.16 Å². The van der Waals surface area contributed by atoms with Crippen LogP contribution in [0.3, 0.4) is 0 Å². The van der Waals surface area contributed by atoms with E-state index in [1.54, 1.807) is 0 Å². The Morgan fingerprint density at radius 1 is 1.07 bits per heavy atom. The fraction of sp³-hybridized carbons (Fsp3) is 0.889. The molecular weight excluding hydrogens is 188 g/mol. The fourth-order valence-electron chi connectivity index (χ4n) is 0.752. The van der Waals surface area contributed by atoms with Crippen LogP contribution in [-0.2, 0) is 14.2 Å². The number of carbonyl (C=O) groups is 1. The number of hydrogen-bond acceptors (Lipinski definition) is 5. The molecule has 0 N–H and O–H groups in total. The molecule has 0 aliphatic heterocycles. The van der Waals surface area contributed by atoms with Gasteiger partial charge in [0.1, 0.15) is 0 Å². The molecule has 0 saturated heterocycles. The molecule has 0 saturated carbocycles. The molecule has 0 unspecified atom stereocenters. The van der Waals surface area contributed by atoms with E-state index in [9.17, 15) is 9.90 Å². The smallest absolute Gasteiger partial charge is 0.252 e. The second-order valence-electron chi connectivity index (χ2n) is 2.68. The van der Waals surface area contributed by atoms with Gasteiger partial charge in [-0.05, 0) is 6.42 Å². The van der Waals surface area contributed by atoms with Crippen molar-refractivity contribution in [2.24, 2.45) is 0 Å². The second-order valence-corrected chi connectivity index (χ2v) is 2.68. The molecular formula is C9H17O5-. The van der Waals surface area contributed by atoms with Crippen molar-refractivity contribution in [3.8, 4) is 0 Å². The molecule has 0 fully saturated rings. The summed E-state index contributed by atoms with van der Waals surface area (Å²) in [4.78, 5) is 9.79. The molecule has 14 heavy (non-hydrogen) atoms. The van der Waals surface area contributed by atoms with Crippen LogP contribution < -0.4 is 5.11 Å². The molecule has 0 aromatic carbocycles. The summed E-state index contributed by atoms with van der Waals surface area (Å²) in [5.41, 5.74) is 0. The average Bonchev–Trinajstić information content (AvgIpc) is 2.15. The molecule has 0 rings (SSSR count). The zero-order valence-electron chi connectivity index (χ0n) is 8.49.